The number of carbonyl (C=O) groups is 2. The van der Waals surface area contributed by atoms with Crippen molar-refractivity contribution in [1.29, 1.82) is 0 Å². The fourth-order valence-electron chi connectivity index (χ4n) is 5.82. The van der Waals surface area contributed by atoms with Crippen LogP contribution in [-0.4, -0.2) is 32.6 Å². The first-order chi connectivity index (χ1) is 19.4. The second-order valence-electron chi connectivity index (χ2n) is 10.4. The van der Waals surface area contributed by atoms with Gasteiger partial charge in [-0.2, -0.15) is 0 Å². The van der Waals surface area contributed by atoms with Crippen LogP contribution in [0.1, 0.15) is 53.9 Å². The normalized spacial score (nSPS) is 18.6. The molecule has 0 bridgehead atoms. The summed E-state index contributed by atoms with van der Waals surface area (Å²) >= 11 is 0. The molecule has 3 aromatic carbocycles. The first kappa shape index (κ1) is 27.3. The number of esters is 1. The minimum Gasteiger partial charge on any atom is -0.493 e. The third kappa shape index (κ3) is 5.53. The molecule has 3 aromatic rings. The molecule has 5 rings (SSSR count). The molecule has 6 heteroatoms. The lowest BCUT2D eigenvalue weighted by molar-refractivity contribution is -0.139. The zero-order chi connectivity index (χ0) is 28.2. The quantitative estimate of drug-likeness (QED) is 0.347. The summed E-state index contributed by atoms with van der Waals surface area (Å²) in [4.78, 5) is 27.5. The number of methoxy groups -OCH3 is 2. The molecule has 0 unspecified atom stereocenters. The van der Waals surface area contributed by atoms with Gasteiger partial charge < -0.3 is 19.5 Å². The number of nitrogens with one attached hydrogen (secondary N) is 1. The van der Waals surface area contributed by atoms with Crippen LogP contribution in [0.15, 0.2) is 95.3 Å². The van der Waals surface area contributed by atoms with Gasteiger partial charge in [-0.15, -0.1) is 0 Å². The molecule has 0 fully saturated rings. The maximum Gasteiger partial charge on any atom is 0.336 e. The third-order valence-corrected chi connectivity index (χ3v) is 7.77. The van der Waals surface area contributed by atoms with E-state index in [2.05, 4.69) is 11.4 Å². The zero-order valence-electron chi connectivity index (χ0n) is 23.5. The number of benzene rings is 3. The van der Waals surface area contributed by atoms with Crippen molar-refractivity contribution in [3.63, 3.8) is 0 Å². The first-order valence-corrected chi connectivity index (χ1v) is 13.6. The summed E-state index contributed by atoms with van der Waals surface area (Å²) < 4.78 is 16.7. The Morgan fingerprint density at radius 3 is 2.38 bits per heavy atom. The van der Waals surface area contributed by atoms with Crippen LogP contribution in [0, 0.1) is 6.92 Å². The molecule has 1 aliphatic carbocycles. The van der Waals surface area contributed by atoms with Crippen molar-refractivity contribution in [3.8, 4) is 11.5 Å². The summed E-state index contributed by atoms with van der Waals surface area (Å²) in [5.41, 5.74) is 6.83. The number of hydrogen-bond donors (Lipinski definition) is 1. The predicted molar refractivity (Wildman–Crippen MR) is 154 cm³/mol. The van der Waals surface area contributed by atoms with Gasteiger partial charge in [0.15, 0.2) is 17.3 Å². The van der Waals surface area contributed by atoms with Gasteiger partial charge in [0.2, 0.25) is 0 Å². The van der Waals surface area contributed by atoms with Crippen molar-refractivity contribution in [2.75, 3.05) is 20.8 Å². The van der Waals surface area contributed by atoms with Gasteiger partial charge in [0.1, 0.15) is 0 Å². The monoisotopic (exact) mass is 537 g/mol. The smallest absolute Gasteiger partial charge is 0.336 e. The zero-order valence-corrected chi connectivity index (χ0v) is 23.5. The highest BCUT2D eigenvalue weighted by molar-refractivity contribution is 6.04. The molecule has 6 nitrogen and oxygen atoms in total. The average Bonchev–Trinajstić information content (AvgIpc) is 2.96. The van der Waals surface area contributed by atoms with Gasteiger partial charge in [-0.3, -0.25) is 4.79 Å². The van der Waals surface area contributed by atoms with Gasteiger partial charge in [0.05, 0.1) is 26.4 Å². The minimum absolute atomic E-state index is 0.0242. The van der Waals surface area contributed by atoms with E-state index in [9.17, 15) is 9.59 Å². The molecule has 1 heterocycles. The van der Waals surface area contributed by atoms with Gasteiger partial charge in [0, 0.05) is 35.7 Å². The number of ether oxygens (including phenoxy) is 3. The van der Waals surface area contributed by atoms with Crippen molar-refractivity contribution in [2.24, 2.45) is 0 Å². The van der Waals surface area contributed by atoms with Crippen LogP contribution in [0.4, 0.5) is 0 Å². The molecule has 0 spiro atoms. The molecule has 1 N–H and O–H groups in total. The molecule has 0 saturated heterocycles. The Bertz CT molecular complexity index is 1490. The lowest BCUT2D eigenvalue weighted by Gasteiger charge is -2.37. The number of Topliss-reactive ketones (excluding diaryl/α,β-unsaturated/α-hetero) is 1. The number of ketones is 1. The maximum atomic E-state index is 13.9. The van der Waals surface area contributed by atoms with Crippen molar-refractivity contribution in [1.82, 2.24) is 5.32 Å². The Labute approximate surface area is 235 Å². The molecular weight excluding hydrogens is 502 g/mol. The Morgan fingerprint density at radius 2 is 1.65 bits per heavy atom. The number of carbonyl (C=O) groups excluding carboxylic acids is 2. The van der Waals surface area contributed by atoms with Crippen LogP contribution in [0.2, 0.25) is 0 Å². The standard InChI is InChI=1S/C34H35NO5/c1-21-9-8-12-25(17-21)32-31(34(37)40-16-15-23-10-6-5-7-11-23)22(2)35-27-18-26(19-28(36)33(27)32)24-13-14-29(38-3)30(20-24)39-4/h5-14,17,20,26,32,35H,15-16,18-19H2,1-4H3/t26-,32+/m1/s1. The number of dihydropyridines is 1. The van der Waals surface area contributed by atoms with Gasteiger partial charge in [0.25, 0.3) is 0 Å². The van der Waals surface area contributed by atoms with Crippen LogP contribution in [-0.2, 0) is 20.7 Å². The Kier molecular flexibility index (Phi) is 8.06. The van der Waals surface area contributed by atoms with E-state index in [1.165, 1.54) is 0 Å². The molecular formula is C34H35NO5. The summed E-state index contributed by atoms with van der Waals surface area (Å²) in [6.07, 6.45) is 1.61. The molecule has 40 heavy (non-hydrogen) atoms. The van der Waals surface area contributed by atoms with E-state index in [4.69, 9.17) is 14.2 Å². The number of allylic oxidation sites excluding steroid dienone is 3. The van der Waals surface area contributed by atoms with Crippen molar-refractivity contribution in [2.45, 2.75) is 44.9 Å². The molecule has 206 valence electrons. The van der Waals surface area contributed by atoms with Gasteiger partial charge >= 0.3 is 5.97 Å². The molecule has 2 aliphatic rings. The van der Waals surface area contributed by atoms with E-state index in [1.54, 1.807) is 14.2 Å². The highest BCUT2D eigenvalue weighted by Crippen LogP contribution is 2.46. The fourth-order valence-corrected chi connectivity index (χ4v) is 5.82. The molecule has 0 saturated carbocycles. The maximum absolute atomic E-state index is 13.9. The Balaban J connectivity index is 1.46. The van der Waals surface area contributed by atoms with E-state index in [0.29, 0.717) is 41.9 Å². The highest BCUT2D eigenvalue weighted by Gasteiger charge is 2.41. The van der Waals surface area contributed by atoms with Crippen LogP contribution in [0.5, 0.6) is 11.5 Å². The highest BCUT2D eigenvalue weighted by atomic mass is 16.5. The van der Waals surface area contributed by atoms with E-state index >= 15 is 0 Å². The number of hydrogen-bond acceptors (Lipinski definition) is 6. The van der Waals surface area contributed by atoms with E-state index < -0.39 is 11.9 Å². The summed E-state index contributed by atoms with van der Waals surface area (Å²) in [6, 6.07) is 23.8. The minimum atomic E-state index is -0.487. The summed E-state index contributed by atoms with van der Waals surface area (Å²) in [5, 5.41) is 3.43. The van der Waals surface area contributed by atoms with Crippen LogP contribution in [0.25, 0.3) is 0 Å². The molecule has 0 aromatic heterocycles. The Morgan fingerprint density at radius 1 is 0.875 bits per heavy atom. The molecule has 2 atom stereocenters. The van der Waals surface area contributed by atoms with Crippen LogP contribution < -0.4 is 14.8 Å². The van der Waals surface area contributed by atoms with Crippen molar-refractivity contribution >= 4 is 11.8 Å². The van der Waals surface area contributed by atoms with Gasteiger partial charge in [-0.05, 0) is 55.0 Å². The fraction of sp³-hybridized carbons (Fsp3) is 0.294. The van der Waals surface area contributed by atoms with E-state index in [-0.39, 0.29) is 18.3 Å². The second kappa shape index (κ2) is 11.8. The average molecular weight is 538 g/mol. The van der Waals surface area contributed by atoms with E-state index in [1.807, 2.05) is 80.6 Å². The van der Waals surface area contributed by atoms with Crippen LogP contribution in [0.3, 0.4) is 0 Å². The van der Waals surface area contributed by atoms with Crippen molar-refractivity contribution < 1.29 is 23.8 Å². The van der Waals surface area contributed by atoms with Gasteiger partial charge in [-0.25, -0.2) is 4.79 Å². The summed E-state index contributed by atoms with van der Waals surface area (Å²) in [7, 11) is 3.22. The van der Waals surface area contributed by atoms with Crippen LogP contribution >= 0.6 is 0 Å². The largest absolute Gasteiger partial charge is 0.493 e. The SMILES string of the molecule is COc1ccc([C@H]2CC(=O)C3=C(C2)NC(C)=C(C(=O)OCCc2ccccc2)[C@@H]3c2cccc(C)c2)cc1OC. The summed E-state index contributed by atoms with van der Waals surface area (Å²) in [5.74, 6) is 0.412. The van der Waals surface area contributed by atoms with E-state index in [0.717, 1.165) is 33.6 Å². The predicted octanol–water partition coefficient (Wildman–Crippen LogP) is 6.16. The third-order valence-electron chi connectivity index (χ3n) is 7.77. The summed E-state index contributed by atoms with van der Waals surface area (Å²) in [6.45, 7) is 4.18. The number of rotatable bonds is 8. The van der Waals surface area contributed by atoms with Crippen molar-refractivity contribution in [3.05, 3.63) is 118 Å². The molecule has 1 aliphatic heterocycles. The molecule has 0 amide bonds. The Hall–Kier alpha value is -4.32. The number of aryl methyl sites for hydroxylation is 1. The lowest BCUT2D eigenvalue weighted by Crippen LogP contribution is -2.36. The second-order valence-corrected chi connectivity index (χ2v) is 10.4. The topological polar surface area (TPSA) is 73.9 Å². The molecule has 0 radical (unpaired) electrons. The lowest BCUT2D eigenvalue weighted by atomic mass is 9.71. The first-order valence-electron chi connectivity index (χ1n) is 13.6. The van der Waals surface area contributed by atoms with Gasteiger partial charge in [-0.1, -0.05) is 66.2 Å².